The molecule has 0 bridgehead atoms. The number of amides is 1. The van der Waals surface area contributed by atoms with Crippen molar-refractivity contribution < 1.29 is 9.90 Å². The molecule has 4 heteroatoms. The van der Waals surface area contributed by atoms with E-state index in [1.807, 2.05) is 0 Å². The standard InChI is InChI=1S/C4H8ClNO2/c1-2-6(3-5)4(7)8/h2-3H2,1H3,(H,7,8)/p-1. The number of hydrogen-bond donors (Lipinski definition) is 0. The number of carbonyl (C=O) groups excluding carboxylic acids is 1. The molecule has 0 atom stereocenters. The summed E-state index contributed by atoms with van der Waals surface area (Å²) in [4.78, 5) is 10.9. The van der Waals surface area contributed by atoms with Gasteiger partial charge < -0.3 is 14.8 Å². The van der Waals surface area contributed by atoms with Crippen molar-refractivity contribution in [3.8, 4) is 0 Å². The van der Waals surface area contributed by atoms with Gasteiger partial charge in [-0.25, -0.2) is 0 Å². The first-order chi connectivity index (χ1) is 3.72. The second-order valence-corrected chi connectivity index (χ2v) is 1.48. The first-order valence-corrected chi connectivity index (χ1v) is 2.77. The van der Waals surface area contributed by atoms with Crippen LogP contribution in [0.4, 0.5) is 4.79 Å². The monoisotopic (exact) mass is 136 g/mol. The van der Waals surface area contributed by atoms with E-state index >= 15 is 0 Å². The Bertz CT molecular complexity index is 82.1. The zero-order valence-electron chi connectivity index (χ0n) is 4.56. The van der Waals surface area contributed by atoms with Crippen LogP contribution in [-0.4, -0.2) is 23.5 Å². The quantitative estimate of drug-likeness (QED) is 0.391. The van der Waals surface area contributed by atoms with Crippen molar-refractivity contribution in [3.63, 3.8) is 0 Å². The number of hydrogen-bond acceptors (Lipinski definition) is 2. The smallest absolute Gasteiger partial charge is 0.137 e. The first kappa shape index (κ1) is 7.56. The Kier molecular flexibility index (Phi) is 3.35. The third kappa shape index (κ3) is 2.02. The Morgan fingerprint density at radius 3 is 2.38 bits per heavy atom. The number of alkyl halides is 1. The maximum atomic E-state index is 9.89. The highest BCUT2D eigenvalue weighted by Gasteiger charge is 1.94. The molecule has 0 heterocycles. The first-order valence-electron chi connectivity index (χ1n) is 2.24. The molecular formula is C4H7ClNO2-. The molecule has 0 aromatic rings. The molecule has 0 radical (unpaired) electrons. The lowest BCUT2D eigenvalue weighted by Gasteiger charge is -2.18. The highest BCUT2D eigenvalue weighted by molar-refractivity contribution is 6.18. The number of carbonyl (C=O) groups is 1. The van der Waals surface area contributed by atoms with Gasteiger partial charge in [0.25, 0.3) is 0 Å². The Balaban J connectivity index is 3.52. The van der Waals surface area contributed by atoms with Crippen LogP contribution in [0.3, 0.4) is 0 Å². The van der Waals surface area contributed by atoms with Gasteiger partial charge in [0.15, 0.2) is 0 Å². The third-order valence-electron chi connectivity index (χ3n) is 0.784. The lowest BCUT2D eigenvalue weighted by atomic mass is 10.7. The van der Waals surface area contributed by atoms with Crippen molar-refractivity contribution in [2.75, 3.05) is 12.5 Å². The Morgan fingerprint density at radius 2 is 2.38 bits per heavy atom. The molecule has 0 aromatic heterocycles. The van der Waals surface area contributed by atoms with Gasteiger partial charge >= 0.3 is 0 Å². The maximum Gasteiger partial charge on any atom is 0.137 e. The van der Waals surface area contributed by atoms with Crippen molar-refractivity contribution >= 4 is 17.7 Å². The van der Waals surface area contributed by atoms with Crippen molar-refractivity contribution in [2.24, 2.45) is 0 Å². The third-order valence-corrected chi connectivity index (χ3v) is 1.07. The molecule has 0 fully saturated rings. The molecule has 0 aliphatic heterocycles. The molecule has 0 N–H and O–H groups in total. The summed E-state index contributed by atoms with van der Waals surface area (Å²) in [6, 6.07) is -0.0150. The number of halogens is 1. The van der Waals surface area contributed by atoms with Crippen LogP contribution in [0.5, 0.6) is 0 Å². The average Bonchev–Trinajstić information content (AvgIpc) is 1.69. The van der Waals surface area contributed by atoms with Gasteiger partial charge in [0.05, 0.1) is 6.00 Å². The van der Waals surface area contributed by atoms with Crippen LogP contribution in [0.25, 0.3) is 0 Å². The molecule has 0 saturated heterocycles. The van der Waals surface area contributed by atoms with Crippen LogP contribution in [0.1, 0.15) is 6.92 Å². The predicted octanol–water partition coefficient (Wildman–Crippen LogP) is -0.152. The van der Waals surface area contributed by atoms with Gasteiger partial charge in [-0.2, -0.15) is 0 Å². The lowest BCUT2D eigenvalue weighted by molar-refractivity contribution is -0.264. The van der Waals surface area contributed by atoms with Crippen LogP contribution in [-0.2, 0) is 0 Å². The van der Waals surface area contributed by atoms with E-state index in [2.05, 4.69) is 0 Å². The van der Waals surface area contributed by atoms with Crippen LogP contribution in [0, 0.1) is 0 Å². The molecule has 0 rings (SSSR count). The van der Waals surface area contributed by atoms with Gasteiger partial charge in [0, 0.05) is 6.54 Å². The second-order valence-electron chi connectivity index (χ2n) is 1.24. The molecule has 3 nitrogen and oxygen atoms in total. The fourth-order valence-electron chi connectivity index (χ4n) is 0.262. The van der Waals surface area contributed by atoms with Crippen LogP contribution in [0.15, 0.2) is 0 Å². The van der Waals surface area contributed by atoms with Crippen molar-refractivity contribution in [2.45, 2.75) is 6.92 Å². The molecule has 0 aromatic carbocycles. The fraction of sp³-hybridized carbons (Fsp3) is 0.750. The van der Waals surface area contributed by atoms with Gasteiger partial charge in [0.2, 0.25) is 0 Å². The van der Waals surface area contributed by atoms with Crippen molar-refractivity contribution in [1.82, 2.24) is 4.90 Å². The summed E-state index contributed by atoms with van der Waals surface area (Å²) < 4.78 is 0. The zero-order valence-corrected chi connectivity index (χ0v) is 5.31. The largest absolute Gasteiger partial charge is 0.530 e. The SMILES string of the molecule is CCN(CCl)C(=O)[O-]. The van der Waals surface area contributed by atoms with E-state index in [0.29, 0.717) is 6.54 Å². The lowest BCUT2D eigenvalue weighted by Crippen LogP contribution is -2.40. The minimum atomic E-state index is -1.22. The van der Waals surface area contributed by atoms with Gasteiger partial charge in [0.1, 0.15) is 6.09 Å². The molecule has 0 saturated carbocycles. The minimum absolute atomic E-state index is 0.0150. The van der Waals surface area contributed by atoms with Gasteiger partial charge in [-0.15, -0.1) is 11.6 Å². The van der Waals surface area contributed by atoms with Crippen LogP contribution < -0.4 is 5.11 Å². The summed E-state index contributed by atoms with van der Waals surface area (Å²) in [7, 11) is 0. The number of nitrogens with zero attached hydrogens (tertiary/aromatic N) is 1. The van der Waals surface area contributed by atoms with E-state index in [9.17, 15) is 9.90 Å². The molecule has 0 aliphatic carbocycles. The molecule has 0 aliphatic rings. The van der Waals surface area contributed by atoms with Crippen molar-refractivity contribution in [1.29, 1.82) is 0 Å². The second kappa shape index (κ2) is 3.55. The molecule has 1 amide bonds. The van der Waals surface area contributed by atoms with E-state index in [4.69, 9.17) is 11.6 Å². The summed E-state index contributed by atoms with van der Waals surface area (Å²) in [5, 5.41) is 9.89. The molecule has 0 unspecified atom stereocenters. The van der Waals surface area contributed by atoms with Gasteiger partial charge in [-0.05, 0) is 6.92 Å². The predicted molar refractivity (Wildman–Crippen MR) is 28.5 cm³/mol. The normalized spacial score (nSPS) is 8.75. The number of rotatable bonds is 2. The molecular weight excluding hydrogens is 130 g/mol. The van der Waals surface area contributed by atoms with E-state index < -0.39 is 6.09 Å². The van der Waals surface area contributed by atoms with Gasteiger partial charge in [-0.3, -0.25) is 0 Å². The topological polar surface area (TPSA) is 43.4 Å². The van der Waals surface area contributed by atoms with E-state index in [-0.39, 0.29) is 6.00 Å². The Labute approximate surface area is 52.9 Å². The van der Waals surface area contributed by atoms with Crippen LogP contribution in [0.2, 0.25) is 0 Å². The summed E-state index contributed by atoms with van der Waals surface area (Å²) in [6.45, 7) is 2.07. The molecule has 48 valence electrons. The minimum Gasteiger partial charge on any atom is -0.530 e. The Hall–Kier alpha value is -0.440. The number of carboxylic acid groups (broad SMARTS) is 1. The molecule has 8 heavy (non-hydrogen) atoms. The summed E-state index contributed by atoms with van der Waals surface area (Å²) >= 11 is 5.17. The fourth-order valence-corrected chi connectivity index (χ4v) is 0.529. The average molecular weight is 137 g/mol. The zero-order chi connectivity index (χ0) is 6.57. The van der Waals surface area contributed by atoms with Crippen LogP contribution >= 0.6 is 11.6 Å². The Morgan fingerprint density at radius 1 is 1.88 bits per heavy atom. The summed E-state index contributed by atoms with van der Waals surface area (Å²) in [6.07, 6.45) is -1.22. The maximum absolute atomic E-state index is 9.89. The summed E-state index contributed by atoms with van der Waals surface area (Å²) in [5.74, 6) is 0. The van der Waals surface area contributed by atoms with E-state index in [1.165, 1.54) is 0 Å². The molecule has 0 spiro atoms. The van der Waals surface area contributed by atoms with E-state index in [0.717, 1.165) is 4.90 Å². The summed E-state index contributed by atoms with van der Waals surface area (Å²) in [5.41, 5.74) is 0. The van der Waals surface area contributed by atoms with Crippen molar-refractivity contribution in [3.05, 3.63) is 0 Å². The highest BCUT2D eigenvalue weighted by atomic mass is 35.5. The van der Waals surface area contributed by atoms with E-state index in [1.54, 1.807) is 6.92 Å². The van der Waals surface area contributed by atoms with Gasteiger partial charge in [-0.1, -0.05) is 0 Å². The highest BCUT2D eigenvalue weighted by Crippen LogP contribution is 1.87.